The van der Waals surface area contributed by atoms with Crippen molar-refractivity contribution in [1.82, 2.24) is 5.32 Å². The number of benzene rings is 2. The Bertz CT molecular complexity index is 1260. The largest absolute Gasteiger partial charge is 0.487 e. The van der Waals surface area contributed by atoms with Crippen LogP contribution in [0, 0.1) is 0 Å². The van der Waals surface area contributed by atoms with Gasteiger partial charge in [0.05, 0.1) is 11.8 Å². The summed E-state index contributed by atoms with van der Waals surface area (Å²) < 4.78 is 17.7. The van der Waals surface area contributed by atoms with E-state index in [4.69, 9.17) is 19.0 Å². The van der Waals surface area contributed by atoms with E-state index < -0.39 is 23.1 Å². The first kappa shape index (κ1) is 22.4. The third-order valence-electron chi connectivity index (χ3n) is 5.51. The zero-order valence-corrected chi connectivity index (χ0v) is 18.5. The summed E-state index contributed by atoms with van der Waals surface area (Å²) in [7, 11) is 0. The molecular weight excluding hydrogens is 426 g/mol. The molecule has 3 aromatic rings. The zero-order chi connectivity index (χ0) is 23.6. The number of carboxylic acids is 1. The molecule has 2 aromatic carbocycles. The molecule has 1 aliphatic rings. The number of carbonyl (C=O) groups is 2. The van der Waals surface area contributed by atoms with E-state index in [9.17, 15) is 14.4 Å². The number of amides is 1. The minimum atomic E-state index is -1.00. The topological polar surface area (TPSA) is 115 Å². The summed E-state index contributed by atoms with van der Waals surface area (Å²) >= 11 is 0. The number of carbonyl (C=O) groups excluding carboxylic acids is 1. The van der Waals surface area contributed by atoms with E-state index in [1.807, 2.05) is 44.2 Å². The lowest BCUT2D eigenvalue weighted by Crippen LogP contribution is -2.33. The Morgan fingerprint density at radius 3 is 2.67 bits per heavy atom. The summed E-state index contributed by atoms with van der Waals surface area (Å²) in [5.41, 5.74) is 1.73. The van der Waals surface area contributed by atoms with Crippen molar-refractivity contribution in [2.75, 3.05) is 13.2 Å². The molecule has 0 aliphatic carbocycles. The number of rotatable bonds is 7. The first-order chi connectivity index (χ1) is 15.7. The van der Waals surface area contributed by atoms with Crippen LogP contribution in [0.25, 0.3) is 22.1 Å². The Hall–Kier alpha value is -3.81. The van der Waals surface area contributed by atoms with Crippen molar-refractivity contribution in [1.29, 1.82) is 0 Å². The van der Waals surface area contributed by atoms with Gasteiger partial charge in [0.1, 0.15) is 22.7 Å². The van der Waals surface area contributed by atoms with Gasteiger partial charge < -0.3 is 24.3 Å². The first-order valence-electron chi connectivity index (χ1n) is 10.7. The lowest BCUT2D eigenvalue weighted by atomic mass is 9.91. The molecule has 4 rings (SSSR count). The molecule has 0 atom stereocenters. The van der Waals surface area contributed by atoms with Gasteiger partial charge in [-0.05, 0) is 32.3 Å². The number of aliphatic carboxylic acids is 1. The summed E-state index contributed by atoms with van der Waals surface area (Å²) in [5, 5.41) is 11.8. The van der Waals surface area contributed by atoms with Crippen LogP contribution < -0.4 is 20.4 Å². The van der Waals surface area contributed by atoms with Crippen molar-refractivity contribution in [3.63, 3.8) is 0 Å². The molecule has 0 radical (unpaired) electrons. The van der Waals surface area contributed by atoms with Crippen molar-refractivity contribution < 1.29 is 28.6 Å². The van der Waals surface area contributed by atoms with E-state index in [1.54, 1.807) is 6.07 Å². The number of fused-ring (bicyclic) bond motifs is 3. The van der Waals surface area contributed by atoms with Crippen LogP contribution in [0.4, 0.5) is 0 Å². The van der Waals surface area contributed by atoms with Gasteiger partial charge in [0.25, 0.3) is 5.91 Å². The summed E-state index contributed by atoms with van der Waals surface area (Å²) in [6, 6.07) is 12.5. The Balaban J connectivity index is 1.79. The van der Waals surface area contributed by atoms with E-state index in [2.05, 4.69) is 5.32 Å². The van der Waals surface area contributed by atoms with Gasteiger partial charge >= 0.3 is 11.6 Å². The van der Waals surface area contributed by atoms with Crippen molar-refractivity contribution in [2.45, 2.75) is 38.7 Å². The molecule has 33 heavy (non-hydrogen) atoms. The fourth-order valence-electron chi connectivity index (χ4n) is 3.91. The quantitative estimate of drug-likeness (QED) is 0.528. The number of nitrogens with one attached hydrogen (secondary N) is 1. The summed E-state index contributed by atoms with van der Waals surface area (Å²) in [6.07, 6.45) is 1.23. The second-order valence-electron chi connectivity index (χ2n) is 8.54. The monoisotopic (exact) mass is 451 g/mol. The molecule has 2 N–H and O–H groups in total. The van der Waals surface area contributed by atoms with E-state index in [-0.39, 0.29) is 19.6 Å². The van der Waals surface area contributed by atoms with Gasteiger partial charge in [-0.25, -0.2) is 4.79 Å². The number of hydrogen-bond acceptors (Lipinski definition) is 6. The minimum absolute atomic E-state index is 0.00387. The fraction of sp³-hybridized carbons (Fsp3) is 0.320. The lowest BCUT2D eigenvalue weighted by molar-refractivity contribution is -0.137. The van der Waals surface area contributed by atoms with Gasteiger partial charge in [0.15, 0.2) is 6.61 Å². The molecule has 8 heteroatoms. The van der Waals surface area contributed by atoms with E-state index in [1.165, 1.54) is 6.07 Å². The second-order valence-corrected chi connectivity index (χ2v) is 8.54. The Morgan fingerprint density at radius 2 is 1.94 bits per heavy atom. The number of hydrogen-bond donors (Lipinski definition) is 2. The van der Waals surface area contributed by atoms with Gasteiger partial charge in [-0.3, -0.25) is 9.59 Å². The van der Waals surface area contributed by atoms with Crippen LogP contribution in [0.15, 0.2) is 51.7 Å². The van der Waals surface area contributed by atoms with Crippen LogP contribution in [-0.2, 0) is 16.0 Å². The molecule has 0 saturated heterocycles. The SMILES string of the molecule is CC1(C)CCc2c(cc(OCC(=O)NCCC(=O)O)c3c(-c4ccccc4)cc(=O)oc23)O1. The summed E-state index contributed by atoms with van der Waals surface area (Å²) in [4.78, 5) is 35.3. The maximum Gasteiger partial charge on any atom is 0.336 e. The fourth-order valence-corrected chi connectivity index (χ4v) is 3.91. The minimum Gasteiger partial charge on any atom is -0.487 e. The molecule has 172 valence electrons. The highest BCUT2D eigenvalue weighted by atomic mass is 16.5. The number of ether oxygens (including phenoxy) is 2. The van der Waals surface area contributed by atoms with E-state index in [0.717, 1.165) is 17.5 Å². The average molecular weight is 451 g/mol. The highest BCUT2D eigenvalue weighted by Gasteiger charge is 2.31. The van der Waals surface area contributed by atoms with Crippen LogP contribution in [0.1, 0.15) is 32.3 Å². The highest BCUT2D eigenvalue weighted by molar-refractivity contribution is 6.00. The molecule has 0 spiro atoms. The van der Waals surface area contributed by atoms with Crippen LogP contribution in [0.3, 0.4) is 0 Å². The molecule has 8 nitrogen and oxygen atoms in total. The van der Waals surface area contributed by atoms with Gasteiger partial charge in [-0.15, -0.1) is 0 Å². The molecule has 0 fully saturated rings. The molecule has 0 bridgehead atoms. The number of aryl methyl sites for hydroxylation is 1. The van der Waals surface area contributed by atoms with Crippen LogP contribution >= 0.6 is 0 Å². The predicted molar refractivity (Wildman–Crippen MR) is 122 cm³/mol. The van der Waals surface area contributed by atoms with Gasteiger partial charge in [-0.2, -0.15) is 0 Å². The second kappa shape index (κ2) is 8.97. The molecule has 1 amide bonds. The van der Waals surface area contributed by atoms with Gasteiger partial charge in [-0.1, -0.05) is 30.3 Å². The molecule has 2 heterocycles. The number of carboxylic acid groups (broad SMARTS) is 1. The van der Waals surface area contributed by atoms with Crippen LogP contribution in [0.5, 0.6) is 11.5 Å². The molecule has 1 aliphatic heterocycles. The Kier molecular flexibility index (Phi) is 6.09. The van der Waals surface area contributed by atoms with Crippen molar-refractivity contribution >= 4 is 22.8 Å². The zero-order valence-electron chi connectivity index (χ0n) is 18.5. The van der Waals surface area contributed by atoms with Crippen LogP contribution in [-0.4, -0.2) is 35.7 Å². The average Bonchev–Trinajstić information content (AvgIpc) is 2.76. The standard InChI is InChI=1S/C25H25NO7/c1-25(2)10-8-16-18(33-25)13-19(31-14-20(27)26-11-9-21(28)29)23-17(12-22(30)32-24(16)23)15-6-4-3-5-7-15/h3-7,12-13H,8-11,14H2,1-2H3,(H,26,27)(H,28,29). The summed E-state index contributed by atoms with van der Waals surface area (Å²) in [5.74, 6) is -0.563. The van der Waals surface area contributed by atoms with Crippen molar-refractivity contribution in [3.05, 3.63) is 58.4 Å². The van der Waals surface area contributed by atoms with Crippen LogP contribution in [0.2, 0.25) is 0 Å². The van der Waals surface area contributed by atoms with Crippen molar-refractivity contribution in [2.24, 2.45) is 0 Å². The molecule has 0 unspecified atom stereocenters. The highest BCUT2D eigenvalue weighted by Crippen LogP contribution is 2.44. The normalized spacial score (nSPS) is 14.2. The van der Waals surface area contributed by atoms with E-state index >= 15 is 0 Å². The van der Waals surface area contributed by atoms with Crippen molar-refractivity contribution in [3.8, 4) is 22.6 Å². The Morgan fingerprint density at radius 1 is 1.18 bits per heavy atom. The lowest BCUT2D eigenvalue weighted by Gasteiger charge is -2.33. The molecule has 0 saturated carbocycles. The molecule has 1 aromatic heterocycles. The van der Waals surface area contributed by atoms with Gasteiger partial charge in [0, 0.05) is 29.8 Å². The smallest absolute Gasteiger partial charge is 0.336 e. The predicted octanol–water partition coefficient (Wildman–Crippen LogP) is 3.53. The maximum absolute atomic E-state index is 12.5. The third kappa shape index (κ3) is 5.00. The Labute approximate surface area is 190 Å². The maximum atomic E-state index is 12.5. The third-order valence-corrected chi connectivity index (χ3v) is 5.51. The van der Waals surface area contributed by atoms with Gasteiger partial charge in [0.2, 0.25) is 0 Å². The van der Waals surface area contributed by atoms with E-state index in [0.29, 0.717) is 34.5 Å². The summed E-state index contributed by atoms with van der Waals surface area (Å²) in [6.45, 7) is 3.63. The molecular formula is C25H25NO7. The first-order valence-corrected chi connectivity index (χ1v) is 10.7.